The Kier molecular flexibility index (Phi) is 8.85. The van der Waals surface area contributed by atoms with Crippen molar-refractivity contribution in [3.05, 3.63) is 76.1 Å². The molecule has 0 radical (unpaired) electrons. The van der Waals surface area contributed by atoms with Crippen molar-refractivity contribution in [1.82, 2.24) is 19.9 Å². The fraction of sp³-hybridized carbons (Fsp3) is 0.314. The number of hydrogen-bond acceptors (Lipinski definition) is 7. The van der Waals surface area contributed by atoms with Gasteiger partial charge < -0.3 is 24.2 Å². The lowest BCUT2D eigenvalue weighted by atomic mass is 9.98. The maximum absolute atomic E-state index is 12.2. The van der Waals surface area contributed by atoms with Crippen molar-refractivity contribution >= 4 is 62.4 Å². The summed E-state index contributed by atoms with van der Waals surface area (Å²) in [5.41, 5.74) is 13.9. The van der Waals surface area contributed by atoms with Gasteiger partial charge in [-0.05, 0) is 110 Å². The first-order chi connectivity index (χ1) is 21.1. The van der Waals surface area contributed by atoms with Crippen molar-refractivity contribution in [2.45, 2.75) is 53.4 Å². The third-order valence-electron chi connectivity index (χ3n) is 8.34. The molecule has 3 aromatic rings. The number of nitrogens with zero attached hydrogens (tertiary/aromatic N) is 2. The number of esters is 2. The predicted octanol–water partition coefficient (Wildman–Crippen LogP) is 7.32. The van der Waals surface area contributed by atoms with E-state index in [1.807, 2.05) is 38.1 Å². The third kappa shape index (κ3) is 6.08. The summed E-state index contributed by atoms with van der Waals surface area (Å²) in [5, 5.41) is 0. The summed E-state index contributed by atoms with van der Waals surface area (Å²) < 4.78 is 15.1. The average molecular weight is 595 g/mol. The molecule has 0 atom stereocenters. The van der Waals surface area contributed by atoms with E-state index in [9.17, 15) is 9.59 Å². The maximum atomic E-state index is 12.2. The number of allylic oxidation sites excluding steroid dienone is 4. The number of hydrogen-bond donors (Lipinski definition) is 2. The summed E-state index contributed by atoms with van der Waals surface area (Å²) in [6, 6.07) is 10.3. The Morgan fingerprint density at radius 1 is 0.705 bits per heavy atom. The second-order valence-corrected chi connectivity index (χ2v) is 11.1. The van der Waals surface area contributed by atoms with Crippen LogP contribution in [0.25, 0.3) is 50.4 Å². The van der Waals surface area contributed by atoms with Gasteiger partial charge in [-0.1, -0.05) is 0 Å². The van der Waals surface area contributed by atoms with Crippen LogP contribution in [0.3, 0.4) is 0 Å². The number of ether oxygens (including phenoxy) is 3. The quantitative estimate of drug-likeness (QED) is 0.207. The monoisotopic (exact) mass is 594 g/mol. The van der Waals surface area contributed by atoms with Crippen LogP contribution >= 0.6 is 0 Å². The Balaban J connectivity index is 1.85. The van der Waals surface area contributed by atoms with Crippen molar-refractivity contribution in [3.8, 4) is 0 Å². The lowest BCUT2D eigenvalue weighted by molar-refractivity contribution is -0.141. The Morgan fingerprint density at radius 2 is 1.27 bits per heavy atom. The second kappa shape index (κ2) is 12.8. The standard InChI is InChI=1S/C35H38N4O5/c1-19-14-23-15-28-22(4)26(12-13-42-5)31(37-28)17-30-21(3)25(9-11-35(41)44-7)33(39-30)18-32-24(8-10-34(40)43-6)20(2)29(38-32)16-27(19)36-23/h12-18,36-37H,8-11H2,1-7H3/b13-12-,23-15?,27-16?,28-15?,29-16?,30-17?,31-17?,32-18?,33-18?. The number of H-pyrrole nitrogens is 2. The molecule has 0 aromatic carbocycles. The van der Waals surface area contributed by atoms with Crippen molar-refractivity contribution in [3.63, 3.8) is 0 Å². The molecule has 2 aliphatic rings. The van der Waals surface area contributed by atoms with E-state index in [0.717, 1.165) is 83.8 Å². The van der Waals surface area contributed by atoms with Crippen LogP contribution in [0.5, 0.6) is 0 Å². The van der Waals surface area contributed by atoms with Gasteiger partial charge in [0.2, 0.25) is 0 Å². The Bertz CT molecular complexity index is 1900. The van der Waals surface area contributed by atoms with Crippen LogP contribution in [0.4, 0.5) is 0 Å². The number of aryl methyl sites for hydroxylation is 2. The number of fused-ring (bicyclic) bond motifs is 8. The van der Waals surface area contributed by atoms with Crippen LogP contribution in [0, 0.1) is 13.8 Å². The Labute approximate surface area is 256 Å². The predicted molar refractivity (Wildman–Crippen MR) is 174 cm³/mol. The molecule has 3 aromatic heterocycles. The highest BCUT2D eigenvalue weighted by Gasteiger charge is 2.22. The summed E-state index contributed by atoms with van der Waals surface area (Å²) in [6.07, 6.45) is 5.00. The van der Waals surface area contributed by atoms with E-state index in [-0.39, 0.29) is 24.8 Å². The van der Waals surface area contributed by atoms with E-state index in [1.165, 1.54) is 14.2 Å². The number of aromatic amines is 2. The van der Waals surface area contributed by atoms with Gasteiger partial charge in [0.05, 0.1) is 50.4 Å². The first-order valence-corrected chi connectivity index (χ1v) is 14.6. The molecule has 228 valence electrons. The van der Waals surface area contributed by atoms with Gasteiger partial charge in [-0.2, -0.15) is 0 Å². The van der Waals surface area contributed by atoms with E-state index < -0.39 is 0 Å². The van der Waals surface area contributed by atoms with Crippen LogP contribution in [0.2, 0.25) is 0 Å². The van der Waals surface area contributed by atoms with Crippen LogP contribution < -0.4 is 0 Å². The molecule has 9 nitrogen and oxygen atoms in total. The highest BCUT2D eigenvalue weighted by atomic mass is 16.5. The number of carbonyl (C=O) groups is 2. The molecule has 2 aliphatic heterocycles. The molecule has 0 unspecified atom stereocenters. The molecular weight excluding hydrogens is 556 g/mol. The lowest BCUT2D eigenvalue weighted by Crippen LogP contribution is -2.01. The average Bonchev–Trinajstić information content (AvgIpc) is 3.68. The van der Waals surface area contributed by atoms with E-state index in [0.29, 0.717) is 12.8 Å². The molecule has 8 bridgehead atoms. The van der Waals surface area contributed by atoms with Crippen LogP contribution in [-0.4, -0.2) is 53.2 Å². The van der Waals surface area contributed by atoms with Gasteiger partial charge in [-0.15, -0.1) is 0 Å². The minimum absolute atomic E-state index is 0.224. The van der Waals surface area contributed by atoms with Gasteiger partial charge >= 0.3 is 11.9 Å². The molecule has 2 N–H and O–H groups in total. The van der Waals surface area contributed by atoms with Gasteiger partial charge in [0.15, 0.2) is 0 Å². The number of rotatable bonds is 8. The van der Waals surface area contributed by atoms with Crippen molar-refractivity contribution in [1.29, 1.82) is 0 Å². The summed E-state index contributed by atoms with van der Waals surface area (Å²) in [7, 11) is 4.41. The molecule has 0 saturated heterocycles. The summed E-state index contributed by atoms with van der Waals surface area (Å²) in [5.74, 6) is -0.566. The van der Waals surface area contributed by atoms with Crippen LogP contribution in [0.1, 0.15) is 79.0 Å². The maximum Gasteiger partial charge on any atom is 0.305 e. The van der Waals surface area contributed by atoms with E-state index >= 15 is 0 Å². The summed E-state index contributed by atoms with van der Waals surface area (Å²) in [4.78, 5) is 41.5. The Morgan fingerprint density at radius 3 is 1.82 bits per heavy atom. The normalized spacial score (nSPS) is 13.2. The fourth-order valence-electron chi connectivity index (χ4n) is 5.71. The molecular formula is C35H38N4O5. The first kappa shape index (κ1) is 30.5. The topological polar surface area (TPSA) is 119 Å². The van der Waals surface area contributed by atoms with Crippen molar-refractivity contribution < 1.29 is 23.8 Å². The Hall–Kier alpha value is -4.92. The lowest BCUT2D eigenvalue weighted by Gasteiger charge is -2.06. The zero-order chi connectivity index (χ0) is 31.5. The molecule has 5 rings (SSSR count). The van der Waals surface area contributed by atoms with Gasteiger partial charge in [0.25, 0.3) is 0 Å². The van der Waals surface area contributed by atoms with Gasteiger partial charge in [-0.3, -0.25) is 9.59 Å². The summed E-state index contributed by atoms with van der Waals surface area (Å²) in [6.45, 7) is 8.19. The minimum atomic E-state index is -0.286. The molecule has 0 fully saturated rings. The van der Waals surface area contributed by atoms with E-state index in [1.54, 1.807) is 13.4 Å². The molecule has 44 heavy (non-hydrogen) atoms. The molecule has 0 spiro atoms. The number of carbonyl (C=O) groups excluding carboxylic acids is 2. The highest BCUT2D eigenvalue weighted by molar-refractivity contribution is 5.96. The van der Waals surface area contributed by atoms with E-state index in [2.05, 4.69) is 35.9 Å². The number of methoxy groups -OCH3 is 3. The molecule has 5 heterocycles. The minimum Gasteiger partial charge on any atom is -0.504 e. The second-order valence-electron chi connectivity index (χ2n) is 11.1. The largest absolute Gasteiger partial charge is 0.504 e. The highest BCUT2D eigenvalue weighted by Crippen LogP contribution is 2.38. The molecule has 0 aliphatic carbocycles. The van der Waals surface area contributed by atoms with Crippen molar-refractivity contribution in [2.75, 3.05) is 21.3 Å². The fourth-order valence-corrected chi connectivity index (χ4v) is 5.71. The van der Waals surface area contributed by atoms with E-state index in [4.69, 9.17) is 24.2 Å². The molecule has 9 heteroatoms. The number of nitrogens with one attached hydrogen (secondary N) is 2. The van der Waals surface area contributed by atoms with Gasteiger partial charge in [0, 0.05) is 40.5 Å². The smallest absolute Gasteiger partial charge is 0.305 e. The SMILES string of the molecule is CO/C=C\c1c(C)c2cc3cc(C)c(cc4nc(cc5nc(cc1[nH]2)C(C)=C5CCC(=O)OC)C(CCC(=O)OC)=C4C)[nH]3. The zero-order valence-electron chi connectivity index (χ0n) is 26.3. The summed E-state index contributed by atoms with van der Waals surface area (Å²) >= 11 is 0. The van der Waals surface area contributed by atoms with Crippen molar-refractivity contribution in [2.24, 2.45) is 0 Å². The third-order valence-corrected chi connectivity index (χ3v) is 8.34. The van der Waals surface area contributed by atoms with Crippen LogP contribution in [-0.2, 0) is 23.8 Å². The molecule has 0 saturated carbocycles. The van der Waals surface area contributed by atoms with Gasteiger partial charge in [-0.25, -0.2) is 9.97 Å². The molecule has 0 amide bonds. The van der Waals surface area contributed by atoms with Crippen LogP contribution in [0.15, 0.2) is 36.6 Å². The van der Waals surface area contributed by atoms with Gasteiger partial charge in [0.1, 0.15) is 0 Å². The first-order valence-electron chi connectivity index (χ1n) is 14.6. The zero-order valence-corrected chi connectivity index (χ0v) is 26.3. The number of aromatic nitrogens is 4.